The number of halogens is 1. The molecule has 38 heavy (non-hydrogen) atoms. The zero-order chi connectivity index (χ0) is 27.1. The minimum atomic E-state index is -0.793. The molecule has 7 heteroatoms. The molecule has 1 atom stereocenters. The number of hydrogen-bond donors (Lipinski definition) is 1. The molecule has 3 aromatic rings. The summed E-state index contributed by atoms with van der Waals surface area (Å²) in [6.07, 6.45) is 2.47. The maximum absolute atomic E-state index is 13.4. The van der Waals surface area contributed by atoms with Crippen LogP contribution in [0.3, 0.4) is 0 Å². The standard InChI is InChI=1S/C31H32ClNO5/c1-3-5-19-38-25-16-13-23(20-26(25)37-4-2)28-27(29(34)22-11-14-24(32)15-12-22)30(35)31(36)33(28)18-17-21-9-7-6-8-10-21/h6-16,20,28,34H,3-5,17-19H2,1-2H3/b29-27+. The van der Waals surface area contributed by atoms with E-state index in [1.54, 1.807) is 36.4 Å². The summed E-state index contributed by atoms with van der Waals surface area (Å²) in [5, 5.41) is 11.8. The van der Waals surface area contributed by atoms with Gasteiger partial charge in [0.25, 0.3) is 11.7 Å². The Balaban J connectivity index is 1.79. The molecule has 1 aliphatic rings. The first-order valence-electron chi connectivity index (χ1n) is 12.9. The molecule has 198 valence electrons. The molecule has 1 heterocycles. The molecule has 0 aliphatic carbocycles. The highest BCUT2D eigenvalue weighted by molar-refractivity contribution is 6.46. The second-order valence-corrected chi connectivity index (χ2v) is 9.51. The van der Waals surface area contributed by atoms with Crippen LogP contribution in [0.2, 0.25) is 5.02 Å². The first-order chi connectivity index (χ1) is 18.4. The van der Waals surface area contributed by atoms with Crippen LogP contribution in [0.15, 0.2) is 78.4 Å². The Morgan fingerprint density at radius 2 is 1.68 bits per heavy atom. The van der Waals surface area contributed by atoms with Gasteiger partial charge in [0.2, 0.25) is 0 Å². The van der Waals surface area contributed by atoms with E-state index < -0.39 is 17.7 Å². The van der Waals surface area contributed by atoms with Crippen molar-refractivity contribution in [3.05, 3.63) is 100 Å². The summed E-state index contributed by atoms with van der Waals surface area (Å²) in [5.74, 6) is -0.489. The molecular weight excluding hydrogens is 502 g/mol. The van der Waals surface area contributed by atoms with Crippen molar-refractivity contribution in [2.45, 2.75) is 39.2 Å². The number of hydrogen-bond acceptors (Lipinski definition) is 5. The SMILES string of the molecule is CCCCOc1ccc(C2/C(=C(\O)c3ccc(Cl)cc3)C(=O)C(=O)N2CCc2ccccc2)cc1OCC. The van der Waals surface area contributed by atoms with Crippen LogP contribution in [0.25, 0.3) is 5.76 Å². The monoisotopic (exact) mass is 533 g/mol. The maximum Gasteiger partial charge on any atom is 0.295 e. The van der Waals surface area contributed by atoms with Gasteiger partial charge < -0.3 is 19.5 Å². The molecule has 1 saturated heterocycles. The summed E-state index contributed by atoms with van der Waals surface area (Å²) in [6.45, 7) is 5.26. The fourth-order valence-corrected chi connectivity index (χ4v) is 4.65. The lowest BCUT2D eigenvalue weighted by Crippen LogP contribution is -2.31. The van der Waals surface area contributed by atoms with Gasteiger partial charge in [-0.1, -0.05) is 61.3 Å². The molecule has 0 saturated carbocycles. The number of Topliss-reactive ketones (excluding diaryl/α,β-unsaturated/α-hetero) is 1. The zero-order valence-electron chi connectivity index (χ0n) is 21.7. The third-order valence-electron chi connectivity index (χ3n) is 6.48. The van der Waals surface area contributed by atoms with Gasteiger partial charge in [0.05, 0.1) is 24.8 Å². The Bertz CT molecular complexity index is 1300. The summed E-state index contributed by atoms with van der Waals surface area (Å²) < 4.78 is 11.8. The van der Waals surface area contributed by atoms with Crippen molar-refractivity contribution in [3.8, 4) is 11.5 Å². The average Bonchev–Trinajstić information content (AvgIpc) is 3.18. The Morgan fingerprint density at radius 1 is 0.947 bits per heavy atom. The Morgan fingerprint density at radius 3 is 2.37 bits per heavy atom. The first kappa shape index (κ1) is 27.3. The van der Waals surface area contributed by atoms with Crippen molar-refractivity contribution >= 4 is 29.1 Å². The molecule has 0 bridgehead atoms. The van der Waals surface area contributed by atoms with Crippen LogP contribution in [0.5, 0.6) is 11.5 Å². The van der Waals surface area contributed by atoms with Gasteiger partial charge in [-0.2, -0.15) is 0 Å². The normalized spacial score (nSPS) is 16.6. The number of aliphatic hydroxyl groups is 1. The van der Waals surface area contributed by atoms with Gasteiger partial charge in [-0.3, -0.25) is 9.59 Å². The fourth-order valence-electron chi connectivity index (χ4n) is 4.52. The number of ketones is 1. The van der Waals surface area contributed by atoms with Gasteiger partial charge in [-0.25, -0.2) is 0 Å². The Hall–Kier alpha value is -3.77. The summed E-state index contributed by atoms with van der Waals surface area (Å²) in [6, 6.07) is 20.9. The highest BCUT2D eigenvalue weighted by Gasteiger charge is 2.46. The van der Waals surface area contributed by atoms with E-state index in [1.165, 1.54) is 4.90 Å². The number of rotatable bonds is 11. The molecule has 1 amide bonds. The first-order valence-corrected chi connectivity index (χ1v) is 13.3. The predicted octanol–water partition coefficient (Wildman–Crippen LogP) is 6.58. The summed E-state index contributed by atoms with van der Waals surface area (Å²) in [5.41, 5.74) is 2.14. The Labute approximate surface area is 228 Å². The van der Waals surface area contributed by atoms with E-state index in [2.05, 4.69) is 6.92 Å². The van der Waals surface area contributed by atoms with Gasteiger partial charge in [-0.15, -0.1) is 0 Å². The number of carbonyl (C=O) groups is 2. The van der Waals surface area contributed by atoms with Gasteiger partial charge in [0.1, 0.15) is 5.76 Å². The fraction of sp³-hybridized carbons (Fsp3) is 0.290. The van der Waals surface area contributed by atoms with Crippen molar-refractivity contribution in [1.82, 2.24) is 4.90 Å². The zero-order valence-corrected chi connectivity index (χ0v) is 22.4. The highest BCUT2D eigenvalue weighted by atomic mass is 35.5. The number of amides is 1. The molecule has 0 aromatic heterocycles. The molecule has 1 N–H and O–H groups in total. The molecule has 1 aliphatic heterocycles. The minimum absolute atomic E-state index is 0.0347. The van der Waals surface area contributed by atoms with Crippen LogP contribution in [-0.4, -0.2) is 41.5 Å². The number of aliphatic hydroxyl groups excluding tert-OH is 1. The second kappa shape index (κ2) is 12.7. The number of likely N-dealkylation sites (tertiary alicyclic amines) is 1. The third-order valence-corrected chi connectivity index (χ3v) is 6.73. The van der Waals surface area contributed by atoms with Crippen molar-refractivity contribution in [2.24, 2.45) is 0 Å². The van der Waals surface area contributed by atoms with E-state index >= 15 is 0 Å². The highest BCUT2D eigenvalue weighted by Crippen LogP contribution is 2.42. The summed E-state index contributed by atoms with van der Waals surface area (Å²) in [7, 11) is 0. The molecule has 3 aromatic carbocycles. The van der Waals surface area contributed by atoms with E-state index in [-0.39, 0.29) is 11.3 Å². The van der Waals surface area contributed by atoms with Crippen LogP contribution < -0.4 is 9.47 Å². The minimum Gasteiger partial charge on any atom is -0.507 e. The van der Waals surface area contributed by atoms with Crippen molar-refractivity contribution < 1.29 is 24.2 Å². The van der Waals surface area contributed by atoms with E-state index in [9.17, 15) is 14.7 Å². The second-order valence-electron chi connectivity index (χ2n) is 9.08. The molecular formula is C31H32ClNO5. The van der Waals surface area contributed by atoms with Crippen molar-refractivity contribution in [3.63, 3.8) is 0 Å². The van der Waals surface area contributed by atoms with Gasteiger partial charge in [0, 0.05) is 17.1 Å². The number of unbranched alkanes of at least 4 members (excludes halogenated alkanes) is 1. The number of nitrogens with zero attached hydrogens (tertiary/aromatic N) is 1. The Kier molecular flexibility index (Phi) is 9.08. The largest absolute Gasteiger partial charge is 0.507 e. The summed E-state index contributed by atoms with van der Waals surface area (Å²) in [4.78, 5) is 28.2. The molecule has 0 spiro atoms. The molecule has 0 radical (unpaired) electrons. The van der Waals surface area contributed by atoms with Crippen LogP contribution >= 0.6 is 11.6 Å². The number of benzene rings is 3. The van der Waals surface area contributed by atoms with E-state index in [0.717, 1.165) is 18.4 Å². The third kappa shape index (κ3) is 6.03. The van der Waals surface area contributed by atoms with Crippen molar-refractivity contribution in [1.29, 1.82) is 0 Å². The smallest absolute Gasteiger partial charge is 0.295 e. The lowest BCUT2D eigenvalue weighted by Gasteiger charge is -2.26. The predicted molar refractivity (Wildman–Crippen MR) is 149 cm³/mol. The molecule has 4 rings (SSSR count). The van der Waals surface area contributed by atoms with Gasteiger partial charge >= 0.3 is 0 Å². The van der Waals surface area contributed by atoms with E-state index in [1.807, 2.05) is 43.3 Å². The van der Waals surface area contributed by atoms with Crippen LogP contribution in [-0.2, 0) is 16.0 Å². The average molecular weight is 534 g/mol. The van der Waals surface area contributed by atoms with Gasteiger partial charge in [-0.05, 0) is 67.3 Å². The number of carbonyl (C=O) groups excluding carboxylic acids is 2. The molecule has 6 nitrogen and oxygen atoms in total. The quantitative estimate of drug-likeness (QED) is 0.130. The number of ether oxygens (including phenoxy) is 2. The van der Waals surface area contributed by atoms with Crippen LogP contribution in [0.1, 0.15) is 49.4 Å². The molecule has 1 fully saturated rings. The van der Waals surface area contributed by atoms with Crippen molar-refractivity contribution in [2.75, 3.05) is 19.8 Å². The topological polar surface area (TPSA) is 76.1 Å². The van der Waals surface area contributed by atoms with Crippen LogP contribution in [0, 0.1) is 0 Å². The van der Waals surface area contributed by atoms with Gasteiger partial charge in [0.15, 0.2) is 11.5 Å². The van der Waals surface area contributed by atoms with E-state index in [0.29, 0.717) is 53.8 Å². The lowest BCUT2D eigenvalue weighted by molar-refractivity contribution is -0.139. The maximum atomic E-state index is 13.4. The molecule has 1 unspecified atom stereocenters. The van der Waals surface area contributed by atoms with Crippen LogP contribution in [0.4, 0.5) is 0 Å². The summed E-state index contributed by atoms with van der Waals surface area (Å²) >= 11 is 6.03. The van der Waals surface area contributed by atoms with E-state index in [4.69, 9.17) is 21.1 Å². The lowest BCUT2D eigenvalue weighted by atomic mass is 9.95.